The summed E-state index contributed by atoms with van der Waals surface area (Å²) in [6.07, 6.45) is 0. The van der Waals surface area contributed by atoms with Crippen LogP contribution in [0.15, 0.2) is 12.1 Å². The van der Waals surface area contributed by atoms with E-state index in [1.54, 1.807) is 0 Å². The third-order valence-electron chi connectivity index (χ3n) is 0.825. The smallest absolute Gasteiger partial charge is 0.131 e. The predicted octanol–water partition coefficient (Wildman–Crippen LogP) is 0.604. The molecule has 0 unspecified atom stereocenters. The first-order chi connectivity index (χ1) is 4.18. The standard InChI is InChI=1S/C6H5O3/c7-4-1-5(8)3-6(9)2-4/h1-2,7-9H. The summed E-state index contributed by atoms with van der Waals surface area (Å²) in [5, 5.41) is 25.9. The molecule has 0 aliphatic carbocycles. The molecule has 0 heterocycles. The third kappa shape index (κ3) is 1.25. The van der Waals surface area contributed by atoms with Crippen LogP contribution in [0, 0.1) is 6.07 Å². The van der Waals surface area contributed by atoms with E-state index in [1.165, 1.54) is 0 Å². The summed E-state index contributed by atoms with van der Waals surface area (Å²) in [6.45, 7) is 0. The first-order valence-electron chi connectivity index (χ1n) is 2.33. The van der Waals surface area contributed by atoms with Gasteiger partial charge in [-0.3, -0.25) is 0 Å². The van der Waals surface area contributed by atoms with Gasteiger partial charge in [0.15, 0.2) is 0 Å². The van der Waals surface area contributed by atoms with Crippen LogP contribution in [-0.2, 0) is 0 Å². The molecular weight excluding hydrogens is 120 g/mol. The Morgan fingerprint density at radius 2 is 1.44 bits per heavy atom. The van der Waals surface area contributed by atoms with Crippen molar-refractivity contribution in [3.8, 4) is 17.2 Å². The number of rotatable bonds is 0. The molecule has 0 aromatic heterocycles. The second-order valence-corrected chi connectivity index (χ2v) is 1.61. The summed E-state index contributed by atoms with van der Waals surface area (Å²) in [6, 6.07) is 4.33. The highest BCUT2D eigenvalue weighted by Crippen LogP contribution is 2.22. The van der Waals surface area contributed by atoms with Crippen molar-refractivity contribution in [2.75, 3.05) is 0 Å². The molecule has 3 heteroatoms. The van der Waals surface area contributed by atoms with E-state index in [2.05, 4.69) is 6.07 Å². The highest BCUT2D eigenvalue weighted by Gasteiger charge is 1.94. The Balaban J connectivity index is 3.17. The monoisotopic (exact) mass is 125 g/mol. The molecule has 9 heavy (non-hydrogen) atoms. The largest absolute Gasteiger partial charge is 0.508 e. The Bertz CT molecular complexity index is 169. The maximum Gasteiger partial charge on any atom is 0.131 e. The van der Waals surface area contributed by atoms with Gasteiger partial charge in [-0.15, -0.1) is 0 Å². The maximum absolute atomic E-state index is 8.65. The van der Waals surface area contributed by atoms with Gasteiger partial charge in [0.2, 0.25) is 0 Å². The van der Waals surface area contributed by atoms with Crippen LogP contribution in [0.2, 0.25) is 0 Å². The SMILES string of the molecule is Oc1[c]c(O)cc(O)c1. The van der Waals surface area contributed by atoms with E-state index in [1.807, 2.05) is 0 Å². The molecule has 3 N–H and O–H groups in total. The zero-order valence-corrected chi connectivity index (χ0v) is 4.50. The van der Waals surface area contributed by atoms with Crippen LogP contribution in [0.1, 0.15) is 0 Å². The van der Waals surface area contributed by atoms with E-state index < -0.39 is 0 Å². The van der Waals surface area contributed by atoms with Gasteiger partial charge in [0.05, 0.1) is 6.07 Å². The lowest BCUT2D eigenvalue weighted by molar-refractivity contribution is 0.426. The fraction of sp³-hybridized carbons (Fsp3) is 0. The average Bonchev–Trinajstić information content (AvgIpc) is 1.59. The fourth-order valence-corrected chi connectivity index (χ4v) is 0.525. The molecule has 0 fully saturated rings. The normalized spacial score (nSPS) is 9.33. The number of benzene rings is 1. The summed E-state index contributed by atoms with van der Waals surface area (Å²) < 4.78 is 0. The van der Waals surface area contributed by atoms with Crippen molar-refractivity contribution in [3.63, 3.8) is 0 Å². The summed E-state index contributed by atoms with van der Waals surface area (Å²) in [5.41, 5.74) is 0. The van der Waals surface area contributed by atoms with Gasteiger partial charge in [0, 0.05) is 12.1 Å². The molecule has 47 valence electrons. The lowest BCUT2D eigenvalue weighted by Crippen LogP contribution is -1.66. The molecule has 0 spiro atoms. The van der Waals surface area contributed by atoms with Gasteiger partial charge in [-0.1, -0.05) is 0 Å². The lowest BCUT2D eigenvalue weighted by atomic mass is 10.3. The minimum absolute atomic E-state index is 0.177. The van der Waals surface area contributed by atoms with Gasteiger partial charge >= 0.3 is 0 Å². The van der Waals surface area contributed by atoms with Crippen molar-refractivity contribution in [1.29, 1.82) is 0 Å². The average molecular weight is 125 g/mol. The van der Waals surface area contributed by atoms with E-state index in [4.69, 9.17) is 15.3 Å². The first kappa shape index (κ1) is 5.75. The summed E-state index contributed by atoms with van der Waals surface area (Å²) in [4.78, 5) is 0. The number of hydrogen-bond donors (Lipinski definition) is 3. The summed E-state index contributed by atoms with van der Waals surface area (Å²) in [5.74, 6) is -0.719. The number of aromatic hydroxyl groups is 3. The van der Waals surface area contributed by atoms with Crippen molar-refractivity contribution < 1.29 is 15.3 Å². The van der Waals surface area contributed by atoms with Crippen LogP contribution < -0.4 is 0 Å². The quantitative estimate of drug-likeness (QED) is 0.476. The van der Waals surface area contributed by atoms with E-state index in [9.17, 15) is 0 Å². The van der Waals surface area contributed by atoms with Crippen molar-refractivity contribution in [2.45, 2.75) is 0 Å². The maximum atomic E-state index is 8.65. The van der Waals surface area contributed by atoms with Gasteiger partial charge in [-0.05, 0) is 0 Å². The Labute approximate surface area is 51.8 Å². The van der Waals surface area contributed by atoms with Crippen molar-refractivity contribution in [2.24, 2.45) is 0 Å². The van der Waals surface area contributed by atoms with Gasteiger partial charge in [0.25, 0.3) is 0 Å². The van der Waals surface area contributed by atoms with Gasteiger partial charge in [-0.2, -0.15) is 0 Å². The Kier molecular flexibility index (Phi) is 1.18. The molecular formula is C6H5O3. The Hall–Kier alpha value is -1.38. The molecule has 0 saturated carbocycles. The topological polar surface area (TPSA) is 60.7 Å². The predicted molar refractivity (Wildman–Crippen MR) is 30.3 cm³/mol. The molecule has 0 atom stereocenters. The third-order valence-corrected chi connectivity index (χ3v) is 0.825. The van der Waals surface area contributed by atoms with Gasteiger partial charge in [0.1, 0.15) is 17.2 Å². The Morgan fingerprint density at radius 1 is 1.00 bits per heavy atom. The molecule has 0 bridgehead atoms. The molecule has 3 nitrogen and oxygen atoms in total. The molecule has 0 amide bonds. The van der Waals surface area contributed by atoms with Crippen LogP contribution in [-0.4, -0.2) is 15.3 Å². The molecule has 0 aliphatic heterocycles. The van der Waals surface area contributed by atoms with E-state index in [-0.39, 0.29) is 17.2 Å². The Morgan fingerprint density at radius 3 is 1.78 bits per heavy atom. The summed E-state index contributed by atoms with van der Waals surface area (Å²) >= 11 is 0. The minimum Gasteiger partial charge on any atom is -0.508 e. The molecule has 1 aromatic rings. The number of phenols is 3. The van der Waals surface area contributed by atoms with Crippen molar-refractivity contribution >= 4 is 0 Å². The van der Waals surface area contributed by atoms with Crippen LogP contribution in [0.5, 0.6) is 17.2 Å². The highest BCUT2D eigenvalue weighted by molar-refractivity contribution is 5.37. The molecule has 0 saturated heterocycles. The van der Waals surface area contributed by atoms with Crippen LogP contribution >= 0.6 is 0 Å². The molecule has 1 radical (unpaired) electrons. The fourth-order valence-electron chi connectivity index (χ4n) is 0.525. The second-order valence-electron chi connectivity index (χ2n) is 1.61. The van der Waals surface area contributed by atoms with Crippen LogP contribution in [0.4, 0.5) is 0 Å². The zero-order chi connectivity index (χ0) is 6.85. The summed E-state index contributed by atoms with van der Waals surface area (Å²) in [7, 11) is 0. The number of phenolic OH excluding ortho intramolecular Hbond substituents is 3. The number of hydrogen-bond acceptors (Lipinski definition) is 3. The van der Waals surface area contributed by atoms with Gasteiger partial charge < -0.3 is 15.3 Å². The molecule has 0 aliphatic rings. The zero-order valence-electron chi connectivity index (χ0n) is 4.50. The molecule has 1 aromatic carbocycles. The first-order valence-corrected chi connectivity index (χ1v) is 2.33. The highest BCUT2D eigenvalue weighted by atomic mass is 16.3. The molecule has 1 rings (SSSR count). The van der Waals surface area contributed by atoms with E-state index in [0.717, 1.165) is 12.1 Å². The van der Waals surface area contributed by atoms with Crippen molar-refractivity contribution in [1.82, 2.24) is 0 Å². The van der Waals surface area contributed by atoms with Crippen molar-refractivity contribution in [3.05, 3.63) is 18.2 Å². The van der Waals surface area contributed by atoms with E-state index in [0.29, 0.717) is 0 Å². The second kappa shape index (κ2) is 1.85. The van der Waals surface area contributed by atoms with Crippen LogP contribution in [0.25, 0.3) is 0 Å². The van der Waals surface area contributed by atoms with E-state index >= 15 is 0 Å². The lowest BCUT2D eigenvalue weighted by Gasteiger charge is -1.93. The van der Waals surface area contributed by atoms with Crippen LogP contribution in [0.3, 0.4) is 0 Å². The minimum atomic E-state index is -0.271. The van der Waals surface area contributed by atoms with Gasteiger partial charge in [-0.25, -0.2) is 0 Å².